The maximum atomic E-state index is 3.22. The molecule has 98 valence electrons. The lowest BCUT2D eigenvalue weighted by atomic mass is 10.1. The lowest BCUT2D eigenvalue weighted by Crippen LogP contribution is -2.16. The van der Waals surface area contributed by atoms with Crippen LogP contribution in [0.25, 0.3) is 0 Å². The zero-order valence-electron chi connectivity index (χ0n) is 11.8. The highest BCUT2D eigenvalue weighted by Gasteiger charge is 2.21. The predicted molar refractivity (Wildman–Crippen MR) is 81.8 cm³/mol. The molecule has 0 spiro atoms. The second-order valence-corrected chi connectivity index (χ2v) is 5.33. The topological polar surface area (TPSA) is 15.3 Å². The predicted octanol–water partition coefficient (Wildman–Crippen LogP) is 3.87. The summed E-state index contributed by atoms with van der Waals surface area (Å²) in [7, 11) is 1.97. The normalized spacial score (nSPS) is 13.5. The molecule has 0 aliphatic carbocycles. The molecule has 1 N–H and O–H groups in total. The first-order valence-electron chi connectivity index (χ1n) is 6.80. The van der Waals surface area contributed by atoms with Gasteiger partial charge in [-0.15, -0.1) is 0 Å². The first-order chi connectivity index (χ1) is 9.19. The van der Waals surface area contributed by atoms with E-state index >= 15 is 0 Å². The largest absolute Gasteiger partial charge is 0.388 e. The smallest absolute Gasteiger partial charge is 0.0437 e. The molecular weight excluding hydrogens is 232 g/mol. The van der Waals surface area contributed by atoms with E-state index in [-0.39, 0.29) is 0 Å². The van der Waals surface area contributed by atoms with Crippen LogP contribution in [0.3, 0.4) is 0 Å². The molecule has 0 aromatic heterocycles. The Hall–Kier alpha value is -1.96. The van der Waals surface area contributed by atoms with Gasteiger partial charge in [-0.25, -0.2) is 0 Å². The summed E-state index contributed by atoms with van der Waals surface area (Å²) in [6.45, 7) is 6.43. The van der Waals surface area contributed by atoms with Crippen molar-refractivity contribution in [3.63, 3.8) is 0 Å². The molecule has 1 heterocycles. The highest BCUT2D eigenvalue weighted by molar-refractivity contribution is 5.62. The molecule has 0 atom stereocenters. The van der Waals surface area contributed by atoms with Crippen LogP contribution in [-0.4, -0.2) is 7.05 Å². The first kappa shape index (κ1) is 12.1. The Morgan fingerprint density at radius 3 is 2.32 bits per heavy atom. The minimum absolute atomic E-state index is 1.01. The van der Waals surface area contributed by atoms with E-state index in [2.05, 4.69) is 60.5 Å². The quantitative estimate of drug-likeness (QED) is 0.873. The Bertz CT molecular complexity index is 596. The highest BCUT2D eigenvalue weighted by Crippen LogP contribution is 2.33. The third-order valence-electron chi connectivity index (χ3n) is 3.97. The van der Waals surface area contributed by atoms with Crippen molar-refractivity contribution in [2.75, 3.05) is 17.3 Å². The van der Waals surface area contributed by atoms with Gasteiger partial charge >= 0.3 is 0 Å². The first-order valence-corrected chi connectivity index (χ1v) is 6.80. The third-order valence-corrected chi connectivity index (χ3v) is 3.97. The fraction of sp³-hybridized carbons (Fsp3) is 0.294. The van der Waals surface area contributed by atoms with Gasteiger partial charge in [-0.2, -0.15) is 0 Å². The van der Waals surface area contributed by atoms with Crippen LogP contribution in [0.4, 0.5) is 11.4 Å². The summed E-state index contributed by atoms with van der Waals surface area (Å²) in [6.07, 6.45) is 0. The van der Waals surface area contributed by atoms with Gasteiger partial charge in [0, 0.05) is 31.5 Å². The van der Waals surface area contributed by atoms with E-state index in [9.17, 15) is 0 Å². The fourth-order valence-corrected chi connectivity index (χ4v) is 3.01. The number of hydrogen-bond acceptors (Lipinski definition) is 2. The number of fused-ring (bicyclic) bond motifs is 1. The number of hydrogen-bond donors (Lipinski definition) is 1. The molecular formula is C17H20N2. The van der Waals surface area contributed by atoms with E-state index in [0.29, 0.717) is 0 Å². The van der Waals surface area contributed by atoms with E-state index in [0.717, 1.165) is 13.1 Å². The lowest BCUT2D eigenvalue weighted by molar-refractivity contribution is 0.869. The van der Waals surface area contributed by atoms with E-state index in [1.165, 1.54) is 33.6 Å². The monoisotopic (exact) mass is 252 g/mol. The summed E-state index contributed by atoms with van der Waals surface area (Å²) in [6, 6.07) is 13.2. The Kier molecular flexibility index (Phi) is 2.94. The van der Waals surface area contributed by atoms with E-state index < -0.39 is 0 Å². The minimum Gasteiger partial charge on any atom is -0.388 e. The average molecular weight is 252 g/mol. The van der Waals surface area contributed by atoms with Crippen molar-refractivity contribution in [1.29, 1.82) is 0 Å². The zero-order valence-corrected chi connectivity index (χ0v) is 11.8. The van der Waals surface area contributed by atoms with E-state index in [1.54, 1.807) is 0 Å². The standard InChI is InChI=1S/C17H20N2/c1-12-5-4-6-13(2)17(12)19-10-14-7-8-16(18-3)9-15(14)11-19/h4-9,18H,10-11H2,1-3H3. The van der Waals surface area contributed by atoms with E-state index in [4.69, 9.17) is 0 Å². The van der Waals surface area contributed by atoms with Gasteiger partial charge in [-0.05, 0) is 48.2 Å². The van der Waals surface area contributed by atoms with Gasteiger partial charge in [-0.3, -0.25) is 0 Å². The number of anilines is 2. The molecule has 0 fully saturated rings. The maximum Gasteiger partial charge on any atom is 0.0437 e. The molecule has 3 rings (SSSR count). The SMILES string of the molecule is CNc1ccc2c(c1)CN(c1c(C)cccc1C)C2. The van der Waals surface area contributed by atoms with E-state index in [1.807, 2.05) is 7.05 Å². The number of rotatable bonds is 2. The average Bonchev–Trinajstić information content (AvgIpc) is 2.80. The number of benzene rings is 2. The van der Waals surface area contributed by atoms with Crippen molar-refractivity contribution < 1.29 is 0 Å². The van der Waals surface area contributed by atoms with Crippen molar-refractivity contribution in [2.24, 2.45) is 0 Å². The number of nitrogens with zero attached hydrogens (tertiary/aromatic N) is 1. The number of aryl methyl sites for hydroxylation is 2. The molecule has 0 unspecified atom stereocenters. The summed E-state index contributed by atoms with van der Waals surface area (Å²) in [5, 5.41) is 3.22. The second-order valence-electron chi connectivity index (χ2n) is 5.33. The second kappa shape index (κ2) is 4.61. The van der Waals surface area contributed by atoms with Crippen LogP contribution in [0.5, 0.6) is 0 Å². The summed E-state index contributed by atoms with van der Waals surface area (Å²) < 4.78 is 0. The molecule has 0 saturated heterocycles. The Labute approximate surface area is 115 Å². The Balaban J connectivity index is 1.95. The summed E-state index contributed by atoms with van der Waals surface area (Å²) in [4.78, 5) is 2.48. The van der Waals surface area contributed by atoms with Gasteiger partial charge < -0.3 is 10.2 Å². The highest BCUT2D eigenvalue weighted by atomic mass is 15.1. The molecule has 1 aliphatic rings. The molecule has 0 radical (unpaired) electrons. The van der Waals surface area contributed by atoms with Gasteiger partial charge in [0.25, 0.3) is 0 Å². The van der Waals surface area contributed by atoms with Crippen LogP contribution >= 0.6 is 0 Å². The summed E-state index contributed by atoms with van der Waals surface area (Å²) in [5.74, 6) is 0. The van der Waals surface area contributed by atoms with Crippen molar-refractivity contribution in [1.82, 2.24) is 0 Å². The zero-order chi connectivity index (χ0) is 13.4. The Morgan fingerprint density at radius 2 is 1.63 bits per heavy atom. The molecule has 2 nitrogen and oxygen atoms in total. The molecule has 2 aromatic carbocycles. The van der Waals surface area contributed by atoms with Crippen LogP contribution in [0.15, 0.2) is 36.4 Å². The molecule has 2 heteroatoms. The van der Waals surface area contributed by atoms with Gasteiger partial charge in [0.1, 0.15) is 0 Å². The minimum atomic E-state index is 1.01. The molecule has 19 heavy (non-hydrogen) atoms. The van der Waals surface area contributed by atoms with Gasteiger partial charge in [0.2, 0.25) is 0 Å². The van der Waals surface area contributed by atoms with Crippen molar-refractivity contribution in [3.05, 3.63) is 58.7 Å². The maximum absolute atomic E-state index is 3.22. The Morgan fingerprint density at radius 1 is 0.947 bits per heavy atom. The number of nitrogens with one attached hydrogen (secondary N) is 1. The molecule has 2 aromatic rings. The fourth-order valence-electron chi connectivity index (χ4n) is 3.01. The van der Waals surface area contributed by atoms with Crippen LogP contribution in [0.2, 0.25) is 0 Å². The van der Waals surface area contributed by atoms with Crippen LogP contribution < -0.4 is 10.2 Å². The van der Waals surface area contributed by atoms with Crippen molar-refractivity contribution in [2.45, 2.75) is 26.9 Å². The summed E-state index contributed by atoms with van der Waals surface area (Å²) in [5.41, 5.74) is 8.20. The third kappa shape index (κ3) is 2.07. The number of para-hydroxylation sites is 1. The van der Waals surface area contributed by atoms with Gasteiger partial charge in [0.15, 0.2) is 0 Å². The van der Waals surface area contributed by atoms with Crippen LogP contribution in [-0.2, 0) is 13.1 Å². The van der Waals surface area contributed by atoms with Crippen LogP contribution in [0, 0.1) is 13.8 Å². The molecule has 0 amide bonds. The summed E-state index contributed by atoms with van der Waals surface area (Å²) >= 11 is 0. The van der Waals surface area contributed by atoms with Crippen molar-refractivity contribution >= 4 is 11.4 Å². The lowest BCUT2D eigenvalue weighted by Gasteiger charge is -2.22. The molecule has 1 aliphatic heterocycles. The van der Waals surface area contributed by atoms with Gasteiger partial charge in [-0.1, -0.05) is 24.3 Å². The van der Waals surface area contributed by atoms with Crippen LogP contribution in [0.1, 0.15) is 22.3 Å². The van der Waals surface area contributed by atoms with Crippen molar-refractivity contribution in [3.8, 4) is 0 Å². The molecule has 0 saturated carbocycles. The molecule has 0 bridgehead atoms. The van der Waals surface area contributed by atoms with Gasteiger partial charge in [0.05, 0.1) is 0 Å².